The van der Waals surface area contributed by atoms with Crippen molar-refractivity contribution in [3.63, 3.8) is 0 Å². The Morgan fingerprint density at radius 3 is 2.48 bits per heavy atom. The number of aliphatic imine (C=N–C) groups is 1. The summed E-state index contributed by atoms with van der Waals surface area (Å²) in [4.78, 5) is 30.2. The van der Waals surface area contributed by atoms with E-state index in [4.69, 9.17) is 9.73 Å². The highest BCUT2D eigenvalue weighted by molar-refractivity contribution is 6.17. The van der Waals surface area contributed by atoms with Crippen LogP contribution in [0.15, 0.2) is 47.5 Å². The Kier molecular flexibility index (Phi) is 5.94. The molecule has 0 atom stereocenters. The molecule has 0 bridgehead atoms. The van der Waals surface area contributed by atoms with E-state index in [0.29, 0.717) is 5.56 Å². The summed E-state index contributed by atoms with van der Waals surface area (Å²) in [5.41, 5.74) is 4.09. The van der Waals surface area contributed by atoms with Crippen LogP contribution in [0.3, 0.4) is 0 Å². The van der Waals surface area contributed by atoms with Gasteiger partial charge in [0, 0.05) is 22.7 Å². The topological polar surface area (TPSA) is 67.8 Å². The molecule has 31 heavy (non-hydrogen) atoms. The van der Waals surface area contributed by atoms with Crippen LogP contribution in [-0.2, 0) is 11.2 Å². The molecule has 1 amide bonds. The van der Waals surface area contributed by atoms with Gasteiger partial charge >= 0.3 is 0 Å². The van der Waals surface area contributed by atoms with Gasteiger partial charge < -0.3 is 10.1 Å². The molecule has 4 rings (SSSR count). The van der Waals surface area contributed by atoms with E-state index in [1.807, 2.05) is 24.3 Å². The van der Waals surface area contributed by atoms with Crippen LogP contribution in [0.5, 0.6) is 5.75 Å². The number of ketones is 1. The van der Waals surface area contributed by atoms with E-state index in [1.54, 1.807) is 19.2 Å². The van der Waals surface area contributed by atoms with Gasteiger partial charge in [-0.15, -0.1) is 0 Å². The number of hydrogen-bond donors (Lipinski definition) is 1. The monoisotopic (exact) mass is 418 g/mol. The fourth-order valence-electron chi connectivity index (χ4n) is 4.60. The standard InChI is InChI=1S/C26H30N2O3/c1-26(2)16-19-10-13-21(31-3)14-22(19)23(28-26)15-24(29)17-8-11-20(12-9-17)27-25(30)18-6-4-5-7-18/h8-14,18H,4-7,15-16H2,1-3H3,(H,27,30). The molecule has 0 saturated heterocycles. The van der Waals surface area contributed by atoms with Gasteiger partial charge in [-0.1, -0.05) is 18.9 Å². The maximum Gasteiger partial charge on any atom is 0.227 e. The fraction of sp³-hybridized carbons (Fsp3) is 0.423. The summed E-state index contributed by atoms with van der Waals surface area (Å²) in [7, 11) is 1.64. The predicted octanol–water partition coefficient (Wildman–Crippen LogP) is 5.22. The number of nitrogens with zero attached hydrogens (tertiary/aromatic N) is 1. The molecule has 1 fully saturated rings. The van der Waals surface area contributed by atoms with Crippen LogP contribution in [-0.4, -0.2) is 30.1 Å². The zero-order chi connectivity index (χ0) is 22.0. The maximum absolute atomic E-state index is 13.0. The van der Waals surface area contributed by atoms with Crippen LogP contribution in [0.25, 0.3) is 0 Å². The van der Waals surface area contributed by atoms with Gasteiger partial charge in [0.1, 0.15) is 5.75 Å². The highest BCUT2D eigenvalue weighted by Gasteiger charge is 2.28. The van der Waals surface area contributed by atoms with Gasteiger partial charge in [-0.2, -0.15) is 0 Å². The quantitative estimate of drug-likeness (QED) is 0.654. The Bertz CT molecular complexity index is 1020. The second-order valence-corrected chi connectivity index (χ2v) is 9.22. The summed E-state index contributed by atoms with van der Waals surface area (Å²) in [6, 6.07) is 13.2. The number of benzene rings is 2. The molecule has 2 aliphatic rings. The molecule has 1 aliphatic heterocycles. The first kappa shape index (κ1) is 21.3. The molecule has 5 heteroatoms. The summed E-state index contributed by atoms with van der Waals surface area (Å²) in [6.45, 7) is 4.18. The SMILES string of the molecule is COc1ccc2c(c1)C(CC(=O)c1ccc(NC(=O)C3CCCC3)cc1)=NC(C)(C)C2. The normalized spacial score (nSPS) is 17.6. The Morgan fingerprint density at radius 1 is 1.10 bits per heavy atom. The number of hydrogen-bond acceptors (Lipinski definition) is 4. The predicted molar refractivity (Wildman–Crippen MR) is 123 cm³/mol. The van der Waals surface area contributed by atoms with E-state index in [9.17, 15) is 9.59 Å². The summed E-state index contributed by atoms with van der Waals surface area (Å²) < 4.78 is 5.38. The number of anilines is 1. The van der Waals surface area contributed by atoms with E-state index in [0.717, 1.165) is 54.8 Å². The molecule has 1 N–H and O–H groups in total. The summed E-state index contributed by atoms with van der Waals surface area (Å²) in [6.07, 6.45) is 5.25. The van der Waals surface area contributed by atoms with Crippen LogP contribution >= 0.6 is 0 Å². The smallest absolute Gasteiger partial charge is 0.227 e. The van der Waals surface area contributed by atoms with E-state index in [-0.39, 0.29) is 29.6 Å². The number of ether oxygens (including phenoxy) is 1. The molecule has 0 aromatic heterocycles. The molecule has 0 radical (unpaired) electrons. The summed E-state index contributed by atoms with van der Waals surface area (Å²) in [5, 5.41) is 2.98. The average molecular weight is 419 g/mol. The van der Waals surface area contributed by atoms with Gasteiger partial charge in [-0.05, 0) is 75.1 Å². The zero-order valence-corrected chi connectivity index (χ0v) is 18.5. The zero-order valence-electron chi connectivity index (χ0n) is 18.5. The number of nitrogens with one attached hydrogen (secondary N) is 1. The number of Topliss-reactive ketones (excluding diaryl/α,β-unsaturated/α-hetero) is 1. The van der Waals surface area contributed by atoms with Crippen LogP contribution in [0.1, 0.15) is 67.4 Å². The molecule has 0 unspecified atom stereocenters. The molecular weight excluding hydrogens is 388 g/mol. The van der Waals surface area contributed by atoms with Crippen LogP contribution in [0, 0.1) is 5.92 Å². The molecule has 5 nitrogen and oxygen atoms in total. The molecular formula is C26H30N2O3. The van der Waals surface area contributed by atoms with Crippen molar-refractivity contribution in [3.05, 3.63) is 59.2 Å². The molecule has 2 aromatic rings. The highest BCUT2D eigenvalue weighted by Crippen LogP contribution is 2.31. The van der Waals surface area contributed by atoms with Gasteiger partial charge in [0.05, 0.1) is 24.8 Å². The van der Waals surface area contributed by atoms with E-state index >= 15 is 0 Å². The lowest BCUT2D eigenvalue weighted by molar-refractivity contribution is -0.119. The lowest BCUT2D eigenvalue weighted by atomic mass is 9.85. The molecule has 1 heterocycles. The minimum absolute atomic E-state index is 0.0129. The Balaban J connectivity index is 1.48. The largest absolute Gasteiger partial charge is 0.497 e. The minimum atomic E-state index is -0.244. The van der Waals surface area contributed by atoms with E-state index in [1.165, 1.54) is 5.56 Å². The van der Waals surface area contributed by atoms with Gasteiger partial charge in [-0.25, -0.2) is 0 Å². The molecule has 2 aromatic carbocycles. The van der Waals surface area contributed by atoms with Crippen molar-refractivity contribution >= 4 is 23.1 Å². The van der Waals surface area contributed by atoms with Crippen LogP contribution in [0.2, 0.25) is 0 Å². The second-order valence-electron chi connectivity index (χ2n) is 9.22. The van der Waals surface area contributed by atoms with Crippen LogP contribution < -0.4 is 10.1 Å². The second kappa shape index (κ2) is 8.66. The average Bonchev–Trinajstić information content (AvgIpc) is 3.28. The van der Waals surface area contributed by atoms with Crippen LogP contribution in [0.4, 0.5) is 5.69 Å². The minimum Gasteiger partial charge on any atom is -0.497 e. The van der Waals surface area contributed by atoms with Gasteiger partial charge in [-0.3, -0.25) is 14.6 Å². The van der Waals surface area contributed by atoms with Crippen molar-refractivity contribution in [2.75, 3.05) is 12.4 Å². The lowest BCUT2D eigenvalue weighted by Gasteiger charge is -2.29. The van der Waals surface area contributed by atoms with Crippen molar-refractivity contribution < 1.29 is 14.3 Å². The highest BCUT2D eigenvalue weighted by atomic mass is 16.5. The number of amides is 1. The summed E-state index contributed by atoms with van der Waals surface area (Å²) in [5.74, 6) is 0.979. The molecule has 162 valence electrons. The molecule has 1 saturated carbocycles. The first-order valence-corrected chi connectivity index (χ1v) is 11.0. The van der Waals surface area contributed by atoms with Gasteiger partial charge in [0.2, 0.25) is 5.91 Å². The number of carbonyl (C=O) groups excluding carboxylic acids is 2. The maximum atomic E-state index is 13.0. The van der Waals surface area contributed by atoms with Crippen molar-refractivity contribution in [1.82, 2.24) is 0 Å². The third-order valence-electron chi connectivity index (χ3n) is 6.22. The van der Waals surface area contributed by atoms with E-state index < -0.39 is 0 Å². The van der Waals surface area contributed by atoms with Gasteiger partial charge in [0.15, 0.2) is 5.78 Å². The first-order valence-electron chi connectivity index (χ1n) is 11.0. The van der Waals surface area contributed by atoms with Crippen molar-refractivity contribution in [1.29, 1.82) is 0 Å². The third-order valence-corrected chi connectivity index (χ3v) is 6.22. The molecule has 1 aliphatic carbocycles. The number of fused-ring (bicyclic) bond motifs is 1. The first-order chi connectivity index (χ1) is 14.8. The fourth-order valence-corrected chi connectivity index (χ4v) is 4.60. The van der Waals surface area contributed by atoms with Crippen molar-refractivity contribution in [2.45, 2.75) is 57.9 Å². The lowest BCUT2D eigenvalue weighted by Crippen LogP contribution is -2.30. The van der Waals surface area contributed by atoms with E-state index in [2.05, 4.69) is 25.2 Å². The number of carbonyl (C=O) groups is 2. The third kappa shape index (κ3) is 4.87. The van der Waals surface area contributed by atoms with Gasteiger partial charge in [0.25, 0.3) is 0 Å². The number of methoxy groups -OCH3 is 1. The Hall–Kier alpha value is -2.95. The Labute approximate surface area is 183 Å². The van der Waals surface area contributed by atoms with Crippen molar-refractivity contribution in [2.24, 2.45) is 10.9 Å². The van der Waals surface area contributed by atoms with Crippen molar-refractivity contribution in [3.8, 4) is 5.75 Å². The number of rotatable bonds is 6. The molecule has 0 spiro atoms. The Morgan fingerprint density at radius 2 is 1.81 bits per heavy atom. The summed E-state index contributed by atoms with van der Waals surface area (Å²) >= 11 is 0.